The van der Waals surface area contributed by atoms with E-state index in [1.807, 2.05) is 18.2 Å². The molecule has 0 aliphatic carbocycles. The average Bonchev–Trinajstić information content (AvgIpc) is 2.88. The van der Waals surface area contributed by atoms with E-state index in [0.29, 0.717) is 18.0 Å². The summed E-state index contributed by atoms with van der Waals surface area (Å²) in [5, 5.41) is 9.83. The molecule has 112 valence electrons. The topological polar surface area (TPSA) is 89.3 Å². The van der Waals surface area contributed by atoms with Crippen LogP contribution in [-0.2, 0) is 16.4 Å². The quantitative estimate of drug-likeness (QED) is 0.869. The number of primary sulfonamides is 1. The van der Waals surface area contributed by atoms with E-state index < -0.39 is 10.0 Å². The monoisotopic (exact) mass is 344 g/mol. The summed E-state index contributed by atoms with van der Waals surface area (Å²) in [7, 11) is -3.76. The van der Waals surface area contributed by atoms with Crippen molar-refractivity contribution in [3.63, 3.8) is 0 Å². The molecule has 1 aromatic carbocycles. The molecule has 0 bridgehead atoms. The molecule has 1 heterocycles. The first-order valence-electron chi connectivity index (χ1n) is 6.00. The van der Waals surface area contributed by atoms with Crippen LogP contribution in [-0.4, -0.2) is 20.9 Å². The van der Waals surface area contributed by atoms with Gasteiger partial charge in [-0.1, -0.05) is 23.7 Å². The fourth-order valence-corrected chi connectivity index (χ4v) is 3.50. The van der Waals surface area contributed by atoms with Gasteiger partial charge >= 0.3 is 0 Å². The molecule has 1 aromatic heterocycles. The summed E-state index contributed by atoms with van der Waals surface area (Å²) in [6, 6.07) is 8.65. The Morgan fingerprint density at radius 2 is 2.10 bits per heavy atom. The van der Waals surface area contributed by atoms with Gasteiger partial charge in [0.2, 0.25) is 10.0 Å². The number of nitrogens with two attached hydrogens (primary N) is 1. The lowest BCUT2D eigenvalue weighted by atomic mass is 10.1. The van der Waals surface area contributed by atoms with Crippen molar-refractivity contribution in [3.8, 4) is 0 Å². The maximum Gasteiger partial charge on any atom is 0.252 e. The number of rotatable bonds is 5. The van der Waals surface area contributed by atoms with E-state index in [9.17, 15) is 13.2 Å². The summed E-state index contributed by atoms with van der Waals surface area (Å²) in [5.74, 6) is -0.330. The Morgan fingerprint density at radius 1 is 1.33 bits per heavy atom. The van der Waals surface area contributed by atoms with Crippen LogP contribution in [0.3, 0.4) is 0 Å². The normalized spacial score (nSPS) is 11.3. The summed E-state index contributed by atoms with van der Waals surface area (Å²) >= 11 is 6.80. The number of thiophene rings is 1. The smallest absolute Gasteiger partial charge is 0.252 e. The zero-order valence-corrected chi connectivity index (χ0v) is 13.3. The molecule has 0 saturated heterocycles. The summed E-state index contributed by atoms with van der Waals surface area (Å²) < 4.78 is 22.3. The molecule has 0 aliphatic rings. The fraction of sp³-hybridized carbons (Fsp3) is 0.154. The standard InChI is InChI=1S/C13H13ClN2O3S2/c14-11-3-1-2-9(6-11)4-5-16-13(17)10-7-12(20-8-10)21(15,18)19/h1-3,6-8H,4-5H2,(H,16,17)(H2,15,18,19). The Hall–Kier alpha value is -1.41. The third-order valence-electron chi connectivity index (χ3n) is 2.71. The minimum atomic E-state index is -3.76. The Labute approximate surface area is 131 Å². The van der Waals surface area contributed by atoms with Crippen molar-refractivity contribution in [3.05, 3.63) is 51.9 Å². The van der Waals surface area contributed by atoms with Gasteiger partial charge < -0.3 is 5.32 Å². The van der Waals surface area contributed by atoms with E-state index in [1.165, 1.54) is 11.4 Å². The lowest BCUT2D eigenvalue weighted by molar-refractivity contribution is 0.0954. The number of benzene rings is 1. The number of nitrogens with one attached hydrogen (secondary N) is 1. The third-order valence-corrected chi connectivity index (χ3v) is 5.33. The molecule has 21 heavy (non-hydrogen) atoms. The number of halogens is 1. The van der Waals surface area contributed by atoms with Gasteiger partial charge in [0.15, 0.2) is 0 Å². The maximum atomic E-state index is 11.9. The highest BCUT2D eigenvalue weighted by Gasteiger charge is 2.14. The van der Waals surface area contributed by atoms with Crippen LogP contribution in [0.25, 0.3) is 0 Å². The van der Waals surface area contributed by atoms with Crippen molar-refractivity contribution in [1.82, 2.24) is 5.32 Å². The second-order valence-electron chi connectivity index (χ2n) is 4.34. The zero-order chi connectivity index (χ0) is 15.5. The van der Waals surface area contributed by atoms with E-state index in [4.69, 9.17) is 16.7 Å². The molecule has 2 aromatic rings. The molecule has 0 atom stereocenters. The molecule has 8 heteroatoms. The Bertz CT molecular complexity index is 756. The van der Waals surface area contributed by atoms with E-state index in [2.05, 4.69) is 5.32 Å². The molecule has 0 fully saturated rings. The van der Waals surface area contributed by atoms with Gasteiger partial charge in [0, 0.05) is 16.9 Å². The van der Waals surface area contributed by atoms with Crippen LogP contribution in [0.15, 0.2) is 39.9 Å². The number of carbonyl (C=O) groups is 1. The molecule has 0 radical (unpaired) electrons. The maximum absolute atomic E-state index is 11.9. The Morgan fingerprint density at radius 3 is 2.71 bits per heavy atom. The largest absolute Gasteiger partial charge is 0.352 e. The number of hydrogen-bond acceptors (Lipinski definition) is 4. The predicted molar refractivity (Wildman–Crippen MR) is 83.2 cm³/mol. The van der Waals surface area contributed by atoms with Gasteiger partial charge in [-0.3, -0.25) is 4.79 Å². The van der Waals surface area contributed by atoms with Crippen molar-refractivity contribution >= 4 is 38.9 Å². The average molecular weight is 345 g/mol. The van der Waals surface area contributed by atoms with Gasteiger partial charge in [0.05, 0.1) is 5.56 Å². The highest BCUT2D eigenvalue weighted by Crippen LogP contribution is 2.18. The van der Waals surface area contributed by atoms with Gasteiger partial charge in [-0.25, -0.2) is 13.6 Å². The number of carbonyl (C=O) groups excluding carboxylic acids is 1. The van der Waals surface area contributed by atoms with Gasteiger partial charge in [0.25, 0.3) is 5.91 Å². The van der Waals surface area contributed by atoms with Crippen LogP contribution in [0.4, 0.5) is 0 Å². The first-order valence-corrected chi connectivity index (χ1v) is 8.80. The molecular formula is C13H13ClN2O3S2. The van der Waals surface area contributed by atoms with E-state index >= 15 is 0 Å². The SMILES string of the molecule is NS(=O)(=O)c1cc(C(=O)NCCc2cccc(Cl)c2)cs1. The lowest BCUT2D eigenvalue weighted by Gasteiger charge is -2.04. The number of hydrogen-bond donors (Lipinski definition) is 2. The Balaban J connectivity index is 1.92. The molecule has 2 rings (SSSR count). The van der Waals surface area contributed by atoms with Gasteiger partial charge in [-0.05, 0) is 30.2 Å². The van der Waals surface area contributed by atoms with E-state index in [1.54, 1.807) is 6.07 Å². The van der Waals surface area contributed by atoms with Crippen molar-refractivity contribution in [2.75, 3.05) is 6.54 Å². The van der Waals surface area contributed by atoms with Crippen LogP contribution in [0, 0.1) is 0 Å². The predicted octanol–water partition coefficient (Wildman–Crippen LogP) is 2.02. The van der Waals surface area contributed by atoms with Crippen LogP contribution in [0.2, 0.25) is 5.02 Å². The first kappa shape index (κ1) is 16.0. The fourth-order valence-electron chi connectivity index (χ4n) is 1.70. The summed E-state index contributed by atoms with van der Waals surface area (Å²) in [4.78, 5) is 11.9. The molecule has 1 amide bonds. The second-order valence-corrected chi connectivity index (χ2v) is 7.47. The van der Waals surface area contributed by atoms with Crippen molar-refractivity contribution < 1.29 is 13.2 Å². The Kier molecular flexibility index (Phi) is 5.00. The summed E-state index contributed by atoms with van der Waals surface area (Å²) in [6.07, 6.45) is 0.637. The van der Waals surface area contributed by atoms with Crippen LogP contribution >= 0.6 is 22.9 Å². The highest BCUT2D eigenvalue weighted by atomic mass is 35.5. The molecule has 5 nitrogen and oxygen atoms in total. The van der Waals surface area contributed by atoms with Gasteiger partial charge in [-0.15, -0.1) is 11.3 Å². The van der Waals surface area contributed by atoms with Crippen LogP contribution < -0.4 is 10.5 Å². The second kappa shape index (κ2) is 6.57. The van der Waals surface area contributed by atoms with Crippen molar-refractivity contribution in [2.24, 2.45) is 5.14 Å². The number of amides is 1. The summed E-state index contributed by atoms with van der Waals surface area (Å²) in [6.45, 7) is 0.430. The minimum Gasteiger partial charge on any atom is -0.352 e. The van der Waals surface area contributed by atoms with Crippen molar-refractivity contribution in [2.45, 2.75) is 10.6 Å². The molecule has 0 unspecified atom stereocenters. The minimum absolute atomic E-state index is 0.0255. The van der Waals surface area contributed by atoms with Gasteiger partial charge in [0.1, 0.15) is 4.21 Å². The molecular weight excluding hydrogens is 332 g/mol. The highest BCUT2D eigenvalue weighted by molar-refractivity contribution is 7.91. The van der Waals surface area contributed by atoms with Gasteiger partial charge in [-0.2, -0.15) is 0 Å². The molecule has 0 aliphatic heterocycles. The first-order chi connectivity index (χ1) is 9.86. The van der Waals surface area contributed by atoms with E-state index in [-0.39, 0.29) is 15.7 Å². The number of sulfonamides is 1. The third kappa shape index (κ3) is 4.53. The summed E-state index contributed by atoms with van der Waals surface area (Å²) in [5.41, 5.74) is 1.30. The zero-order valence-electron chi connectivity index (χ0n) is 10.9. The van der Waals surface area contributed by atoms with E-state index in [0.717, 1.165) is 16.9 Å². The molecule has 0 saturated carbocycles. The van der Waals surface area contributed by atoms with Crippen LogP contribution in [0.1, 0.15) is 15.9 Å². The molecule has 3 N–H and O–H groups in total. The van der Waals surface area contributed by atoms with Crippen LogP contribution in [0.5, 0.6) is 0 Å². The van der Waals surface area contributed by atoms with Crippen molar-refractivity contribution in [1.29, 1.82) is 0 Å². The molecule has 0 spiro atoms. The lowest BCUT2D eigenvalue weighted by Crippen LogP contribution is -2.25.